The van der Waals surface area contributed by atoms with Crippen molar-refractivity contribution in [1.82, 2.24) is 20.0 Å². The van der Waals surface area contributed by atoms with Gasteiger partial charge in [0.2, 0.25) is 5.89 Å². The van der Waals surface area contributed by atoms with Crippen LogP contribution in [-0.4, -0.2) is 20.0 Å². The SMILES string of the molecule is CCn1cc(-c2n[nH]c(=S)o2)cn1. The first-order valence-electron chi connectivity index (χ1n) is 3.88. The number of rotatable bonds is 2. The Morgan fingerprint density at radius 1 is 1.69 bits per heavy atom. The van der Waals surface area contributed by atoms with E-state index in [-0.39, 0.29) is 4.84 Å². The lowest BCUT2D eigenvalue weighted by atomic mass is 10.4. The van der Waals surface area contributed by atoms with Gasteiger partial charge in [-0.2, -0.15) is 5.10 Å². The average Bonchev–Trinajstić information content (AvgIpc) is 2.71. The molecule has 0 aliphatic heterocycles. The van der Waals surface area contributed by atoms with Crippen molar-refractivity contribution in [2.75, 3.05) is 0 Å². The van der Waals surface area contributed by atoms with Gasteiger partial charge in [0.15, 0.2) is 0 Å². The zero-order chi connectivity index (χ0) is 9.26. The zero-order valence-electron chi connectivity index (χ0n) is 7.02. The smallest absolute Gasteiger partial charge is 0.284 e. The van der Waals surface area contributed by atoms with Gasteiger partial charge in [-0.25, -0.2) is 5.10 Å². The summed E-state index contributed by atoms with van der Waals surface area (Å²) in [6.45, 7) is 2.84. The van der Waals surface area contributed by atoms with Crippen LogP contribution < -0.4 is 0 Å². The molecule has 0 fully saturated rings. The molecule has 0 spiro atoms. The number of aryl methyl sites for hydroxylation is 1. The highest BCUT2D eigenvalue weighted by Gasteiger charge is 2.05. The summed E-state index contributed by atoms with van der Waals surface area (Å²) in [5, 5.41) is 10.5. The molecule has 0 saturated carbocycles. The van der Waals surface area contributed by atoms with Gasteiger partial charge in [0.05, 0.1) is 11.8 Å². The third-order valence-corrected chi connectivity index (χ3v) is 1.82. The van der Waals surface area contributed by atoms with Crippen LogP contribution in [0.15, 0.2) is 16.8 Å². The Morgan fingerprint density at radius 2 is 2.54 bits per heavy atom. The number of aromatic amines is 1. The minimum atomic E-state index is 0.277. The van der Waals surface area contributed by atoms with Crippen LogP contribution in [0.4, 0.5) is 0 Å². The van der Waals surface area contributed by atoms with E-state index in [0.717, 1.165) is 12.1 Å². The Bertz CT molecular complexity index is 455. The molecule has 6 heteroatoms. The fourth-order valence-electron chi connectivity index (χ4n) is 1.00. The number of hydrogen-bond donors (Lipinski definition) is 1. The molecule has 0 unspecified atom stereocenters. The zero-order valence-corrected chi connectivity index (χ0v) is 7.84. The fraction of sp³-hybridized carbons (Fsp3) is 0.286. The lowest BCUT2D eigenvalue weighted by Gasteiger charge is -1.89. The lowest BCUT2D eigenvalue weighted by molar-refractivity contribution is 0.552. The normalized spacial score (nSPS) is 10.5. The number of aromatic nitrogens is 4. The summed E-state index contributed by atoms with van der Waals surface area (Å²) in [5.41, 5.74) is 0.828. The van der Waals surface area contributed by atoms with Gasteiger partial charge in [-0.05, 0) is 19.1 Å². The molecule has 0 aliphatic carbocycles. The van der Waals surface area contributed by atoms with E-state index < -0.39 is 0 Å². The van der Waals surface area contributed by atoms with Crippen LogP contribution in [0.25, 0.3) is 11.5 Å². The van der Waals surface area contributed by atoms with Gasteiger partial charge in [-0.15, -0.1) is 5.10 Å². The maximum Gasteiger partial charge on any atom is 0.284 e. The summed E-state index contributed by atoms with van der Waals surface area (Å²) < 4.78 is 6.92. The van der Waals surface area contributed by atoms with E-state index in [9.17, 15) is 0 Å². The second-order valence-corrected chi connectivity index (χ2v) is 2.87. The van der Waals surface area contributed by atoms with Gasteiger partial charge < -0.3 is 4.42 Å². The molecule has 0 atom stereocenters. The maximum absolute atomic E-state index is 5.12. The number of hydrogen-bond acceptors (Lipinski definition) is 4. The predicted octanol–water partition coefficient (Wildman–Crippen LogP) is 1.62. The highest BCUT2D eigenvalue weighted by molar-refractivity contribution is 7.71. The molecule has 0 bridgehead atoms. The molecule has 2 aromatic heterocycles. The van der Waals surface area contributed by atoms with Gasteiger partial charge in [0, 0.05) is 12.7 Å². The Balaban J connectivity index is 2.40. The third-order valence-electron chi connectivity index (χ3n) is 1.64. The van der Waals surface area contributed by atoms with Crippen LogP contribution in [0.3, 0.4) is 0 Å². The van der Waals surface area contributed by atoms with Crippen molar-refractivity contribution >= 4 is 12.2 Å². The minimum absolute atomic E-state index is 0.277. The molecule has 2 aromatic rings. The highest BCUT2D eigenvalue weighted by atomic mass is 32.1. The van der Waals surface area contributed by atoms with Crippen LogP contribution in [0.1, 0.15) is 6.92 Å². The van der Waals surface area contributed by atoms with Crippen LogP contribution >= 0.6 is 12.2 Å². The summed E-state index contributed by atoms with van der Waals surface area (Å²) >= 11 is 4.76. The van der Waals surface area contributed by atoms with E-state index in [1.165, 1.54) is 0 Å². The fourth-order valence-corrected chi connectivity index (χ4v) is 1.12. The quantitative estimate of drug-likeness (QED) is 0.741. The van der Waals surface area contributed by atoms with E-state index in [1.807, 2.05) is 13.1 Å². The molecule has 2 heterocycles. The molecule has 0 amide bonds. The second kappa shape index (κ2) is 3.14. The molecule has 1 N–H and O–H groups in total. The number of nitrogens with one attached hydrogen (secondary N) is 1. The molecule has 0 saturated heterocycles. The Hall–Kier alpha value is -1.43. The first-order valence-corrected chi connectivity index (χ1v) is 4.28. The molecule has 0 aromatic carbocycles. The average molecular weight is 196 g/mol. The molecule has 13 heavy (non-hydrogen) atoms. The Morgan fingerprint density at radius 3 is 3.08 bits per heavy atom. The van der Waals surface area contributed by atoms with Gasteiger partial charge in [0.25, 0.3) is 4.84 Å². The largest absolute Gasteiger partial charge is 0.409 e. The summed E-state index contributed by atoms with van der Waals surface area (Å²) in [7, 11) is 0. The topological polar surface area (TPSA) is 59.6 Å². The molecule has 0 radical (unpaired) electrons. The lowest BCUT2D eigenvalue weighted by Crippen LogP contribution is -1.91. The van der Waals surface area contributed by atoms with E-state index in [0.29, 0.717) is 5.89 Å². The van der Waals surface area contributed by atoms with Crippen LogP contribution in [0.5, 0.6) is 0 Å². The first kappa shape index (κ1) is 8.18. The van der Waals surface area contributed by atoms with Gasteiger partial charge in [-0.1, -0.05) is 0 Å². The molecule has 0 aliphatic rings. The summed E-state index contributed by atoms with van der Waals surface area (Å²) in [6, 6.07) is 0. The van der Waals surface area contributed by atoms with Crippen LogP contribution in [-0.2, 0) is 6.54 Å². The predicted molar refractivity (Wildman–Crippen MR) is 48.6 cm³/mol. The molecular weight excluding hydrogens is 188 g/mol. The Labute approximate surface area is 79.4 Å². The summed E-state index contributed by atoms with van der Waals surface area (Å²) in [4.78, 5) is 0.277. The first-order chi connectivity index (χ1) is 6.29. The molecule has 2 rings (SSSR count). The summed E-state index contributed by atoms with van der Waals surface area (Å²) in [5.74, 6) is 0.477. The van der Waals surface area contributed by atoms with Crippen molar-refractivity contribution in [3.05, 3.63) is 17.2 Å². The number of nitrogens with zero attached hydrogens (tertiary/aromatic N) is 3. The van der Waals surface area contributed by atoms with Crippen molar-refractivity contribution in [2.45, 2.75) is 13.5 Å². The van der Waals surface area contributed by atoms with Crippen molar-refractivity contribution < 1.29 is 4.42 Å². The molecule has 68 valence electrons. The van der Waals surface area contributed by atoms with Crippen molar-refractivity contribution in [3.63, 3.8) is 0 Å². The molecular formula is C7H8N4OS. The maximum atomic E-state index is 5.12. The van der Waals surface area contributed by atoms with E-state index in [1.54, 1.807) is 10.9 Å². The second-order valence-electron chi connectivity index (χ2n) is 2.50. The van der Waals surface area contributed by atoms with Gasteiger partial charge in [-0.3, -0.25) is 4.68 Å². The molecule has 5 nitrogen and oxygen atoms in total. The van der Waals surface area contributed by atoms with Crippen molar-refractivity contribution in [3.8, 4) is 11.5 Å². The highest BCUT2D eigenvalue weighted by Crippen LogP contribution is 2.14. The van der Waals surface area contributed by atoms with Crippen LogP contribution in [0.2, 0.25) is 0 Å². The van der Waals surface area contributed by atoms with E-state index in [2.05, 4.69) is 15.3 Å². The van der Waals surface area contributed by atoms with E-state index >= 15 is 0 Å². The Kier molecular flexibility index (Phi) is 1.97. The van der Waals surface area contributed by atoms with Gasteiger partial charge in [0.1, 0.15) is 0 Å². The third kappa shape index (κ3) is 1.52. The van der Waals surface area contributed by atoms with E-state index in [4.69, 9.17) is 16.6 Å². The summed E-state index contributed by atoms with van der Waals surface area (Å²) in [6.07, 6.45) is 3.55. The standard InChI is InChI=1S/C7H8N4OS/c1-2-11-4-5(3-8-11)6-9-10-7(13)12-6/h3-4H,2H2,1H3,(H,10,13). The van der Waals surface area contributed by atoms with Crippen molar-refractivity contribution in [2.24, 2.45) is 0 Å². The van der Waals surface area contributed by atoms with Crippen molar-refractivity contribution in [1.29, 1.82) is 0 Å². The number of H-pyrrole nitrogens is 1. The van der Waals surface area contributed by atoms with Gasteiger partial charge >= 0.3 is 0 Å². The minimum Gasteiger partial charge on any atom is -0.409 e. The van der Waals surface area contributed by atoms with Crippen LogP contribution in [0, 0.1) is 4.84 Å². The monoisotopic (exact) mass is 196 g/mol.